The number of nitrogens with one attached hydrogen (secondary N) is 1. The molecule has 0 saturated heterocycles. The molecule has 0 aliphatic rings. The maximum Gasteiger partial charge on any atom is 0.336 e. The van der Waals surface area contributed by atoms with E-state index in [-0.39, 0.29) is 11.1 Å². The molecule has 136 valence electrons. The fourth-order valence-corrected chi connectivity index (χ4v) is 3.00. The third kappa shape index (κ3) is 4.22. The minimum Gasteiger partial charge on any atom is -0.478 e. The molecule has 0 unspecified atom stereocenters. The van der Waals surface area contributed by atoms with Crippen LogP contribution in [0.15, 0.2) is 84.9 Å². The topological polar surface area (TPSA) is 92.4 Å². The molecule has 27 heavy (non-hydrogen) atoms. The number of carbonyl (C=O) groups excluding carboxylic acids is 1. The number of carboxylic acids is 1. The average molecular weight is 360 g/mol. The zero-order valence-electron chi connectivity index (χ0n) is 14.6. The molecule has 0 heterocycles. The number of rotatable bonds is 6. The second-order valence-electron chi connectivity index (χ2n) is 6.15. The van der Waals surface area contributed by atoms with Gasteiger partial charge in [0.2, 0.25) is 0 Å². The van der Waals surface area contributed by atoms with Gasteiger partial charge >= 0.3 is 5.97 Å². The number of carbonyl (C=O) groups is 2. The molecule has 1 amide bonds. The van der Waals surface area contributed by atoms with Gasteiger partial charge < -0.3 is 16.2 Å². The molecule has 0 aliphatic heterocycles. The highest BCUT2D eigenvalue weighted by atomic mass is 16.4. The van der Waals surface area contributed by atoms with Crippen LogP contribution in [0.5, 0.6) is 0 Å². The minimum atomic E-state index is -1.15. The average Bonchev–Trinajstić information content (AvgIpc) is 2.72. The Hall–Kier alpha value is -3.44. The molecule has 0 aliphatic carbocycles. The zero-order valence-corrected chi connectivity index (χ0v) is 14.6. The summed E-state index contributed by atoms with van der Waals surface area (Å²) in [5.41, 5.74) is 8.24. The van der Waals surface area contributed by atoms with Crippen molar-refractivity contribution < 1.29 is 14.7 Å². The van der Waals surface area contributed by atoms with Crippen molar-refractivity contribution in [2.75, 3.05) is 0 Å². The smallest absolute Gasteiger partial charge is 0.336 e. The highest BCUT2D eigenvalue weighted by Crippen LogP contribution is 2.27. The Kier molecular flexibility index (Phi) is 5.64. The van der Waals surface area contributed by atoms with Crippen molar-refractivity contribution in [2.24, 2.45) is 5.73 Å². The Morgan fingerprint density at radius 3 is 1.78 bits per heavy atom. The molecule has 4 N–H and O–H groups in total. The van der Waals surface area contributed by atoms with E-state index in [1.807, 2.05) is 60.7 Å². The van der Waals surface area contributed by atoms with Gasteiger partial charge in [0.15, 0.2) is 0 Å². The van der Waals surface area contributed by atoms with Crippen molar-refractivity contribution in [1.82, 2.24) is 5.32 Å². The van der Waals surface area contributed by atoms with Crippen LogP contribution in [-0.2, 0) is 0 Å². The van der Waals surface area contributed by atoms with Crippen LogP contribution < -0.4 is 11.1 Å². The van der Waals surface area contributed by atoms with Crippen LogP contribution in [-0.4, -0.2) is 17.0 Å². The van der Waals surface area contributed by atoms with Gasteiger partial charge in [0.25, 0.3) is 5.91 Å². The van der Waals surface area contributed by atoms with E-state index in [1.165, 1.54) is 12.1 Å². The Labute approximate surface area is 157 Å². The van der Waals surface area contributed by atoms with Crippen molar-refractivity contribution in [3.63, 3.8) is 0 Å². The fourth-order valence-electron chi connectivity index (χ4n) is 3.00. The van der Waals surface area contributed by atoms with Gasteiger partial charge in [-0.15, -0.1) is 0 Å². The first kappa shape index (κ1) is 18.4. The van der Waals surface area contributed by atoms with E-state index in [0.717, 1.165) is 11.1 Å². The summed E-state index contributed by atoms with van der Waals surface area (Å²) in [7, 11) is 0. The van der Waals surface area contributed by atoms with Gasteiger partial charge in [0.1, 0.15) is 0 Å². The van der Waals surface area contributed by atoms with Crippen molar-refractivity contribution in [3.8, 4) is 0 Å². The second kappa shape index (κ2) is 8.29. The molecule has 0 radical (unpaired) electrons. The van der Waals surface area contributed by atoms with Gasteiger partial charge in [-0.25, -0.2) is 4.79 Å². The third-order valence-corrected chi connectivity index (χ3v) is 4.39. The highest BCUT2D eigenvalue weighted by molar-refractivity contribution is 6.04. The number of nitrogens with two attached hydrogens (primary N) is 1. The summed E-state index contributed by atoms with van der Waals surface area (Å²) in [6.45, 7) is 0. The van der Waals surface area contributed by atoms with E-state index in [4.69, 9.17) is 5.73 Å². The Balaban J connectivity index is 1.95. The first-order chi connectivity index (χ1) is 13.1. The summed E-state index contributed by atoms with van der Waals surface area (Å²) in [5.74, 6) is -1.63. The van der Waals surface area contributed by atoms with Crippen molar-refractivity contribution >= 4 is 11.9 Å². The van der Waals surface area contributed by atoms with Crippen LogP contribution in [0.25, 0.3) is 0 Å². The van der Waals surface area contributed by atoms with Crippen LogP contribution >= 0.6 is 0 Å². The van der Waals surface area contributed by atoms with Gasteiger partial charge in [-0.1, -0.05) is 72.8 Å². The molecule has 0 bridgehead atoms. The number of aromatic carboxylic acids is 1. The molecular weight excluding hydrogens is 340 g/mol. The monoisotopic (exact) mass is 360 g/mol. The summed E-state index contributed by atoms with van der Waals surface area (Å²) < 4.78 is 0. The maximum absolute atomic E-state index is 12.9. The van der Waals surface area contributed by atoms with Gasteiger partial charge in [0.05, 0.1) is 23.2 Å². The fraction of sp³-hybridized carbons (Fsp3) is 0.0909. The standard InChI is InChI=1S/C22H20N2O3/c23-19(15-9-3-1-4-10-15)20(16-11-5-2-6-12-16)24-21(25)17-13-7-8-14-18(17)22(26)27/h1-14,19-20H,23H2,(H,24,25)(H,26,27)/t19-,20-/m0/s1. The Morgan fingerprint density at radius 1 is 0.741 bits per heavy atom. The van der Waals surface area contributed by atoms with Gasteiger partial charge in [0, 0.05) is 0 Å². The molecular formula is C22H20N2O3. The van der Waals surface area contributed by atoms with E-state index < -0.39 is 24.0 Å². The quantitative estimate of drug-likeness (QED) is 0.627. The Morgan fingerprint density at radius 2 is 1.22 bits per heavy atom. The summed E-state index contributed by atoms with van der Waals surface area (Å²) in [4.78, 5) is 24.3. The van der Waals surface area contributed by atoms with E-state index in [1.54, 1.807) is 12.1 Å². The maximum atomic E-state index is 12.9. The lowest BCUT2D eigenvalue weighted by atomic mass is 9.93. The predicted octanol–water partition coefficient (Wildman–Crippen LogP) is 3.56. The van der Waals surface area contributed by atoms with Gasteiger partial charge in [-0.2, -0.15) is 0 Å². The number of benzene rings is 3. The van der Waals surface area contributed by atoms with E-state index in [9.17, 15) is 14.7 Å². The summed E-state index contributed by atoms with van der Waals surface area (Å²) in [6.07, 6.45) is 0. The SMILES string of the molecule is N[C@@H](c1ccccc1)[C@@H](NC(=O)c1ccccc1C(=O)O)c1ccccc1. The van der Waals surface area contributed by atoms with E-state index in [0.29, 0.717) is 0 Å². The van der Waals surface area contributed by atoms with Crippen molar-refractivity contribution in [1.29, 1.82) is 0 Å². The van der Waals surface area contributed by atoms with Crippen molar-refractivity contribution in [3.05, 3.63) is 107 Å². The summed E-state index contributed by atoms with van der Waals surface area (Å²) in [5, 5.41) is 12.3. The molecule has 0 saturated carbocycles. The number of hydrogen-bond donors (Lipinski definition) is 3. The van der Waals surface area contributed by atoms with Crippen LogP contribution in [0, 0.1) is 0 Å². The van der Waals surface area contributed by atoms with Crippen LogP contribution in [0.4, 0.5) is 0 Å². The van der Waals surface area contributed by atoms with Gasteiger partial charge in [-0.05, 0) is 23.3 Å². The minimum absolute atomic E-state index is 0.0462. The molecule has 0 fully saturated rings. The molecule has 2 atom stereocenters. The van der Waals surface area contributed by atoms with Gasteiger partial charge in [-0.3, -0.25) is 4.79 Å². The number of amides is 1. The molecule has 3 rings (SSSR count). The van der Waals surface area contributed by atoms with Crippen LogP contribution in [0.3, 0.4) is 0 Å². The number of carboxylic acid groups (broad SMARTS) is 1. The first-order valence-corrected chi connectivity index (χ1v) is 8.56. The lowest BCUT2D eigenvalue weighted by molar-refractivity contribution is 0.0690. The van der Waals surface area contributed by atoms with Crippen LogP contribution in [0.1, 0.15) is 43.9 Å². The molecule has 3 aromatic carbocycles. The molecule has 3 aromatic rings. The van der Waals surface area contributed by atoms with Crippen LogP contribution in [0.2, 0.25) is 0 Å². The lowest BCUT2D eigenvalue weighted by Gasteiger charge is -2.26. The lowest BCUT2D eigenvalue weighted by Crippen LogP contribution is -2.36. The van der Waals surface area contributed by atoms with Crippen molar-refractivity contribution in [2.45, 2.75) is 12.1 Å². The molecule has 0 spiro atoms. The number of hydrogen-bond acceptors (Lipinski definition) is 3. The highest BCUT2D eigenvalue weighted by Gasteiger charge is 2.25. The largest absolute Gasteiger partial charge is 0.478 e. The van der Waals surface area contributed by atoms with E-state index >= 15 is 0 Å². The Bertz CT molecular complexity index is 927. The normalized spacial score (nSPS) is 12.8. The third-order valence-electron chi connectivity index (χ3n) is 4.39. The first-order valence-electron chi connectivity index (χ1n) is 8.56. The summed E-state index contributed by atoms with van der Waals surface area (Å²) in [6, 6.07) is 24.0. The molecule has 5 nitrogen and oxygen atoms in total. The summed E-state index contributed by atoms with van der Waals surface area (Å²) >= 11 is 0. The molecule has 5 heteroatoms. The predicted molar refractivity (Wildman–Crippen MR) is 103 cm³/mol. The van der Waals surface area contributed by atoms with E-state index in [2.05, 4.69) is 5.32 Å². The zero-order chi connectivity index (χ0) is 19.2. The second-order valence-corrected chi connectivity index (χ2v) is 6.15. The molecule has 0 aromatic heterocycles.